The molecule has 3 rings (SSSR count). The molecular weight excluding hydrogens is 348 g/mol. The first-order valence-electron chi connectivity index (χ1n) is 8.64. The fourth-order valence-electron chi connectivity index (χ4n) is 2.89. The molecule has 1 aliphatic rings. The van der Waals surface area contributed by atoms with Gasteiger partial charge in [0.05, 0.1) is 14.2 Å². The van der Waals surface area contributed by atoms with Crippen molar-refractivity contribution in [2.75, 3.05) is 27.3 Å². The standard InChI is InChI=1S/C19H22N4O4/c1-26-16-10-9-15(17(21-16)27-2)18(24)22-11-6-12-23(22)19(25)20-13-14-7-4-3-5-8-14/h3-5,7-10H,6,11-13H2,1-2H3,(H,20,25). The first-order valence-corrected chi connectivity index (χ1v) is 8.64. The zero-order valence-corrected chi connectivity index (χ0v) is 15.3. The fourth-order valence-corrected chi connectivity index (χ4v) is 2.89. The Morgan fingerprint density at radius 3 is 2.48 bits per heavy atom. The SMILES string of the molecule is COc1ccc(C(=O)N2CCCN2C(=O)NCc2ccccc2)c(OC)n1. The number of amides is 3. The summed E-state index contributed by atoms with van der Waals surface area (Å²) in [4.78, 5) is 29.7. The van der Waals surface area contributed by atoms with Crippen LogP contribution in [0.1, 0.15) is 22.3 Å². The average molecular weight is 370 g/mol. The van der Waals surface area contributed by atoms with Crippen molar-refractivity contribution < 1.29 is 19.1 Å². The van der Waals surface area contributed by atoms with Gasteiger partial charge in [-0.2, -0.15) is 4.98 Å². The Labute approximate surface area is 157 Å². The Hall–Kier alpha value is -3.29. The van der Waals surface area contributed by atoms with Crippen molar-refractivity contribution in [1.29, 1.82) is 0 Å². The second-order valence-electron chi connectivity index (χ2n) is 5.96. The smallest absolute Gasteiger partial charge is 0.336 e. The number of hydrogen-bond donors (Lipinski definition) is 1. The van der Waals surface area contributed by atoms with E-state index in [1.807, 2.05) is 30.3 Å². The number of hydrazine groups is 1. The van der Waals surface area contributed by atoms with Crippen LogP contribution in [0.25, 0.3) is 0 Å². The molecule has 0 bridgehead atoms. The van der Waals surface area contributed by atoms with Gasteiger partial charge in [0.15, 0.2) is 0 Å². The number of rotatable bonds is 5. The third kappa shape index (κ3) is 4.11. The highest BCUT2D eigenvalue weighted by molar-refractivity contribution is 5.97. The van der Waals surface area contributed by atoms with Crippen molar-refractivity contribution in [1.82, 2.24) is 20.3 Å². The number of methoxy groups -OCH3 is 2. The molecule has 1 fully saturated rings. The highest BCUT2D eigenvalue weighted by atomic mass is 16.5. The highest BCUT2D eigenvalue weighted by Gasteiger charge is 2.33. The summed E-state index contributed by atoms with van der Waals surface area (Å²) < 4.78 is 10.3. The summed E-state index contributed by atoms with van der Waals surface area (Å²) in [7, 11) is 2.93. The number of aromatic nitrogens is 1. The molecule has 1 aromatic carbocycles. The lowest BCUT2D eigenvalue weighted by molar-refractivity contribution is 0.0372. The van der Waals surface area contributed by atoms with E-state index in [0.29, 0.717) is 31.9 Å². The predicted octanol–water partition coefficient (Wildman–Crippen LogP) is 2.07. The molecule has 1 aromatic heterocycles. The predicted molar refractivity (Wildman–Crippen MR) is 98.4 cm³/mol. The highest BCUT2D eigenvalue weighted by Crippen LogP contribution is 2.24. The molecule has 0 spiro atoms. The van der Waals surface area contributed by atoms with Gasteiger partial charge in [0.1, 0.15) is 5.56 Å². The van der Waals surface area contributed by atoms with Crippen LogP contribution in [0, 0.1) is 0 Å². The Kier molecular flexibility index (Phi) is 5.75. The largest absolute Gasteiger partial charge is 0.481 e. The number of pyridine rings is 1. The molecule has 1 saturated heterocycles. The normalized spacial score (nSPS) is 13.4. The minimum atomic E-state index is -0.339. The Morgan fingerprint density at radius 2 is 1.78 bits per heavy atom. The molecule has 8 heteroatoms. The van der Waals surface area contributed by atoms with E-state index in [0.717, 1.165) is 5.56 Å². The van der Waals surface area contributed by atoms with Crippen molar-refractivity contribution in [2.45, 2.75) is 13.0 Å². The van der Waals surface area contributed by atoms with E-state index in [-0.39, 0.29) is 23.4 Å². The van der Waals surface area contributed by atoms with Gasteiger partial charge in [0.25, 0.3) is 5.91 Å². The number of urea groups is 1. The van der Waals surface area contributed by atoms with Crippen LogP contribution in [-0.4, -0.2) is 54.2 Å². The lowest BCUT2D eigenvalue weighted by atomic mass is 10.2. The maximum absolute atomic E-state index is 13.0. The molecule has 1 N–H and O–H groups in total. The first kappa shape index (κ1) is 18.5. The average Bonchev–Trinajstić information content (AvgIpc) is 3.21. The summed E-state index contributed by atoms with van der Waals surface area (Å²) in [5.74, 6) is 0.174. The molecule has 0 saturated carbocycles. The van der Waals surface area contributed by atoms with E-state index >= 15 is 0 Å². The molecule has 1 aliphatic heterocycles. The van der Waals surface area contributed by atoms with Crippen molar-refractivity contribution >= 4 is 11.9 Å². The topological polar surface area (TPSA) is 84.0 Å². The summed E-state index contributed by atoms with van der Waals surface area (Å²) in [6.45, 7) is 1.32. The van der Waals surface area contributed by atoms with Crippen LogP contribution in [0.15, 0.2) is 42.5 Å². The molecule has 0 radical (unpaired) electrons. The molecular formula is C19H22N4O4. The maximum atomic E-state index is 13.0. The molecule has 2 aromatic rings. The van der Waals surface area contributed by atoms with E-state index < -0.39 is 0 Å². The molecule has 3 amide bonds. The minimum Gasteiger partial charge on any atom is -0.481 e. The van der Waals surface area contributed by atoms with Crippen LogP contribution in [0.4, 0.5) is 4.79 Å². The first-order chi connectivity index (χ1) is 13.1. The summed E-state index contributed by atoms with van der Waals surface area (Å²) in [5, 5.41) is 5.70. The Morgan fingerprint density at radius 1 is 1.04 bits per heavy atom. The van der Waals surface area contributed by atoms with E-state index in [4.69, 9.17) is 9.47 Å². The van der Waals surface area contributed by atoms with Crippen LogP contribution in [0.5, 0.6) is 11.8 Å². The van der Waals surface area contributed by atoms with Crippen LogP contribution in [0.2, 0.25) is 0 Å². The van der Waals surface area contributed by atoms with E-state index in [1.165, 1.54) is 24.2 Å². The number of nitrogens with zero attached hydrogens (tertiary/aromatic N) is 3. The minimum absolute atomic E-state index is 0.163. The quantitative estimate of drug-likeness (QED) is 0.871. The molecule has 2 heterocycles. The van der Waals surface area contributed by atoms with Crippen LogP contribution in [-0.2, 0) is 6.54 Å². The number of carbonyl (C=O) groups excluding carboxylic acids is 2. The molecule has 8 nitrogen and oxygen atoms in total. The van der Waals surface area contributed by atoms with E-state index in [9.17, 15) is 9.59 Å². The van der Waals surface area contributed by atoms with Crippen molar-refractivity contribution in [3.05, 3.63) is 53.6 Å². The third-order valence-electron chi connectivity index (χ3n) is 4.25. The summed E-state index contributed by atoms with van der Waals surface area (Å²) in [6.07, 6.45) is 0.705. The van der Waals surface area contributed by atoms with Crippen LogP contribution in [0.3, 0.4) is 0 Å². The van der Waals surface area contributed by atoms with Crippen molar-refractivity contribution in [3.63, 3.8) is 0 Å². The van der Waals surface area contributed by atoms with Gasteiger partial charge in [0, 0.05) is 25.7 Å². The van der Waals surface area contributed by atoms with E-state index in [1.54, 1.807) is 12.1 Å². The molecule has 0 unspecified atom stereocenters. The Balaban J connectivity index is 1.72. The van der Waals surface area contributed by atoms with Gasteiger partial charge in [0.2, 0.25) is 11.8 Å². The van der Waals surface area contributed by atoms with Gasteiger partial charge in [-0.3, -0.25) is 4.79 Å². The van der Waals surface area contributed by atoms with E-state index in [2.05, 4.69) is 10.3 Å². The molecule has 0 atom stereocenters. The van der Waals surface area contributed by atoms with Gasteiger partial charge >= 0.3 is 6.03 Å². The number of benzene rings is 1. The number of hydrogen-bond acceptors (Lipinski definition) is 5. The number of carbonyl (C=O) groups is 2. The Bertz CT molecular complexity index is 813. The molecule has 142 valence electrons. The van der Waals surface area contributed by atoms with Gasteiger partial charge in [-0.15, -0.1) is 0 Å². The van der Waals surface area contributed by atoms with Gasteiger partial charge < -0.3 is 14.8 Å². The lowest BCUT2D eigenvalue weighted by Gasteiger charge is -2.28. The van der Waals surface area contributed by atoms with Gasteiger partial charge in [-0.25, -0.2) is 14.8 Å². The van der Waals surface area contributed by atoms with Crippen LogP contribution >= 0.6 is 0 Å². The molecule has 27 heavy (non-hydrogen) atoms. The van der Waals surface area contributed by atoms with Crippen molar-refractivity contribution in [3.8, 4) is 11.8 Å². The van der Waals surface area contributed by atoms with Gasteiger partial charge in [-0.1, -0.05) is 30.3 Å². The van der Waals surface area contributed by atoms with Gasteiger partial charge in [-0.05, 0) is 18.1 Å². The monoisotopic (exact) mass is 370 g/mol. The third-order valence-corrected chi connectivity index (χ3v) is 4.25. The summed E-state index contributed by atoms with van der Waals surface area (Å²) in [5.41, 5.74) is 1.27. The maximum Gasteiger partial charge on any atom is 0.336 e. The summed E-state index contributed by atoms with van der Waals surface area (Å²) >= 11 is 0. The second-order valence-corrected chi connectivity index (χ2v) is 5.96. The second kappa shape index (κ2) is 8.39. The number of ether oxygens (including phenoxy) is 2. The zero-order chi connectivity index (χ0) is 19.2. The van der Waals surface area contributed by atoms with Crippen LogP contribution < -0.4 is 14.8 Å². The summed E-state index contributed by atoms with van der Waals surface area (Å²) in [6, 6.07) is 12.5. The lowest BCUT2D eigenvalue weighted by Crippen LogP contribution is -2.49. The zero-order valence-electron chi connectivity index (χ0n) is 15.3. The molecule has 0 aliphatic carbocycles. The van der Waals surface area contributed by atoms with Crippen molar-refractivity contribution in [2.24, 2.45) is 0 Å². The number of nitrogens with one attached hydrogen (secondary N) is 1. The fraction of sp³-hybridized carbons (Fsp3) is 0.316.